The number of para-hydroxylation sites is 1. The van der Waals surface area contributed by atoms with E-state index < -0.39 is 0 Å². The first-order valence-electron chi connectivity index (χ1n) is 6.73. The Morgan fingerprint density at radius 1 is 1.30 bits per heavy atom. The Balaban J connectivity index is 1.51. The lowest BCUT2D eigenvalue weighted by atomic mass is 10.2. The molecule has 0 fully saturated rings. The van der Waals surface area contributed by atoms with Gasteiger partial charge in [0.2, 0.25) is 11.1 Å². The predicted molar refractivity (Wildman–Crippen MR) is 90.7 cm³/mol. The summed E-state index contributed by atoms with van der Waals surface area (Å²) >= 11 is 2.61. The first-order valence-corrected chi connectivity index (χ1v) is 8.59. The number of aromatic nitrogens is 5. The van der Waals surface area contributed by atoms with Crippen molar-refractivity contribution in [2.75, 3.05) is 11.1 Å². The number of thioether (sulfide) groups is 1. The Kier molecular flexibility index (Phi) is 3.64. The fourth-order valence-electron chi connectivity index (χ4n) is 2.14. The number of nitrogens with zero attached hydrogens (tertiary/aromatic N) is 4. The van der Waals surface area contributed by atoms with Crippen molar-refractivity contribution in [1.29, 1.82) is 0 Å². The number of hydrogen-bond donors (Lipinski definition) is 2. The van der Waals surface area contributed by atoms with Gasteiger partial charge in [-0.25, -0.2) is 9.97 Å². The van der Waals surface area contributed by atoms with E-state index >= 15 is 0 Å². The molecule has 0 bridgehead atoms. The van der Waals surface area contributed by atoms with Crippen LogP contribution in [0.5, 0.6) is 0 Å². The molecule has 2 N–H and O–H groups in total. The fraction of sp³-hybridized carbons (Fsp3) is 0.0714. The molecule has 23 heavy (non-hydrogen) atoms. The summed E-state index contributed by atoms with van der Waals surface area (Å²) in [5.74, 6) is 0.0535. The van der Waals surface area contributed by atoms with Crippen molar-refractivity contribution in [1.82, 2.24) is 25.1 Å². The Morgan fingerprint density at radius 3 is 3.09 bits per heavy atom. The van der Waals surface area contributed by atoms with Crippen LogP contribution in [0, 0.1) is 0 Å². The van der Waals surface area contributed by atoms with Crippen LogP contribution in [0.4, 0.5) is 5.13 Å². The third kappa shape index (κ3) is 2.88. The molecule has 1 aromatic carbocycles. The second kappa shape index (κ2) is 5.94. The first kappa shape index (κ1) is 14.1. The Bertz CT molecular complexity index is 981. The number of hydrogen-bond acceptors (Lipinski definition) is 7. The summed E-state index contributed by atoms with van der Waals surface area (Å²) in [6, 6.07) is 7.83. The number of anilines is 1. The zero-order valence-corrected chi connectivity index (χ0v) is 13.3. The van der Waals surface area contributed by atoms with Crippen molar-refractivity contribution in [2.24, 2.45) is 0 Å². The molecule has 0 unspecified atom stereocenters. The standard InChI is InChI=1S/C14H10N6OS2/c21-10(17-13-15-5-6-22-13)7-23-14-18-12-11(19-20-14)8-3-1-2-4-9(8)16-12/h1-6H,7H2,(H,15,17,21)(H,16,18,20). The van der Waals surface area contributed by atoms with Gasteiger partial charge < -0.3 is 10.3 Å². The zero-order valence-electron chi connectivity index (χ0n) is 11.7. The molecule has 7 nitrogen and oxygen atoms in total. The van der Waals surface area contributed by atoms with Gasteiger partial charge in [0, 0.05) is 22.5 Å². The summed E-state index contributed by atoms with van der Waals surface area (Å²) in [5.41, 5.74) is 2.37. The highest BCUT2D eigenvalue weighted by atomic mass is 32.2. The molecule has 0 saturated heterocycles. The van der Waals surface area contributed by atoms with Crippen LogP contribution in [0.15, 0.2) is 41.0 Å². The summed E-state index contributed by atoms with van der Waals surface area (Å²) in [7, 11) is 0. The van der Waals surface area contributed by atoms with E-state index in [4.69, 9.17) is 0 Å². The number of nitrogens with one attached hydrogen (secondary N) is 2. The predicted octanol–water partition coefficient (Wildman–Crippen LogP) is 2.69. The van der Waals surface area contributed by atoms with E-state index in [0.717, 1.165) is 16.4 Å². The second-order valence-corrected chi connectivity index (χ2v) is 6.47. The second-order valence-electron chi connectivity index (χ2n) is 4.64. The van der Waals surface area contributed by atoms with Crippen LogP contribution in [0.2, 0.25) is 0 Å². The van der Waals surface area contributed by atoms with Crippen molar-refractivity contribution in [3.63, 3.8) is 0 Å². The van der Waals surface area contributed by atoms with E-state index in [0.29, 0.717) is 15.9 Å². The van der Waals surface area contributed by atoms with Crippen LogP contribution < -0.4 is 5.32 Å². The largest absolute Gasteiger partial charge is 0.338 e. The topological polar surface area (TPSA) is 96.5 Å². The molecule has 9 heteroatoms. The Labute approximate surface area is 138 Å². The van der Waals surface area contributed by atoms with Gasteiger partial charge >= 0.3 is 0 Å². The van der Waals surface area contributed by atoms with Crippen LogP contribution in [0.3, 0.4) is 0 Å². The van der Waals surface area contributed by atoms with Gasteiger partial charge in [-0.05, 0) is 6.07 Å². The highest BCUT2D eigenvalue weighted by Crippen LogP contribution is 2.23. The number of carbonyl (C=O) groups excluding carboxylic acids is 1. The lowest BCUT2D eigenvalue weighted by molar-refractivity contribution is -0.113. The molecule has 0 radical (unpaired) electrons. The van der Waals surface area contributed by atoms with Crippen molar-refractivity contribution in [3.05, 3.63) is 35.8 Å². The van der Waals surface area contributed by atoms with Crippen LogP contribution in [0.25, 0.3) is 22.1 Å². The highest BCUT2D eigenvalue weighted by molar-refractivity contribution is 7.99. The van der Waals surface area contributed by atoms with Gasteiger partial charge in [-0.3, -0.25) is 4.79 Å². The van der Waals surface area contributed by atoms with Gasteiger partial charge in [-0.1, -0.05) is 30.0 Å². The third-order valence-corrected chi connectivity index (χ3v) is 4.64. The first-order chi connectivity index (χ1) is 11.3. The number of thiazole rings is 1. The fourth-order valence-corrected chi connectivity index (χ4v) is 3.27. The molecule has 114 valence electrons. The Morgan fingerprint density at radius 2 is 2.22 bits per heavy atom. The van der Waals surface area contributed by atoms with E-state index in [9.17, 15) is 4.79 Å². The maximum atomic E-state index is 11.8. The normalized spacial score (nSPS) is 11.1. The summed E-state index contributed by atoms with van der Waals surface area (Å²) < 4.78 is 0. The highest BCUT2D eigenvalue weighted by Gasteiger charge is 2.11. The maximum absolute atomic E-state index is 11.8. The smallest absolute Gasteiger partial charge is 0.236 e. The number of H-pyrrole nitrogens is 1. The quantitative estimate of drug-likeness (QED) is 0.554. The SMILES string of the molecule is O=C(CSc1nnc2c(n1)[nH]c1ccccc12)Nc1nccs1. The minimum absolute atomic E-state index is 0.148. The third-order valence-electron chi connectivity index (χ3n) is 3.11. The van der Waals surface area contributed by atoms with Crippen molar-refractivity contribution in [3.8, 4) is 0 Å². The van der Waals surface area contributed by atoms with Crippen molar-refractivity contribution >= 4 is 56.2 Å². The van der Waals surface area contributed by atoms with Crippen LogP contribution in [-0.4, -0.2) is 36.8 Å². The number of rotatable bonds is 4. The number of amides is 1. The molecule has 4 aromatic rings. The summed E-state index contributed by atoms with van der Waals surface area (Å²) in [6.45, 7) is 0. The van der Waals surface area contributed by atoms with Gasteiger partial charge in [0.15, 0.2) is 10.8 Å². The van der Waals surface area contributed by atoms with Crippen LogP contribution in [0.1, 0.15) is 0 Å². The monoisotopic (exact) mass is 342 g/mol. The molecule has 0 aliphatic rings. The van der Waals surface area contributed by atoms with E-state index in [-0.39, 0.29) is 11.7 Å². The molecule has 1 amide bonds. The van der Waals surface area contributed by atoms with Gasteiger partial charge in [-0.2, -0.15) is 0 Å². The number of fused-ring (bicyclic) bond motifs is 3. The van der Waals surface area contributed by atoms with Gasteiger partial charge in [0.05, 0.1) is 5.75 Å². The van der Waals surface area contributed by atoms with Crippen molar-refractivity contribution in [2.45, 2.75) is 5.16 Å². The van der Waals surface area contributed by atoms with E-state index in [2.05, 4.69) is 30.5 Å². The molecule has 4 rings (SSSR count). The summed E-state index contributed by atoms with van der Waals surface area (Å²) in [6.07, 6.45) is 1.64. The lowest BCUT2D eigenvalue weighted by Gasteiger charge is -2.00. The molecule has 3 aromatic heterocycles. The molecular weight excluding hydrogens is 332 g/mol. The molecular formula is C14H10N6OS2. The average Bonchev–Trinajstić information content (AvgIpc) is 3.19. The van der Waals surface area contributed by atoms with Gasteiger partial charge in [0.25, 0.3) is 0 Å². The van der Waals surface area contributed by atoms with Crippen LogP contribution >= 0.6 is 23.1 Å². The molecule has 0 spiro atoms. The molecule has 3 heterocycles. The lowest BCUT2D eigenvalue weighted by Crippen LogP contribution is -2.14. The van der Waals surface area contributed by atoms with Crippen molar-refractivity contribution < 1.29 is 4.79 Å². The van der Waals surface area contributed by atoms with E-state index in [1.54, 1.807) is 11.6 Å². The molecule has 0 atom stereocenters. The van der Waals surface area contributed by atoms with E-state index in [1.807, 2.05) is 24.3 Å². The minimum Gasteiger partial charge on any atom is -0.338 e. The molecule has 0 saturated carbocycles. The summed E-state index contributed by atoms with van der Waals surface area (Å²) in [5, 5.41) is 14.9. The number of aromatic amines is 1. The van der Waals surface area contributed by atoms with E-state index in [1.165, 1.54) is 23.1 Å². The Hall–Kier alpha value is -2.52. The zero-order chi connectivity index (χ0) is 15.6. The van der Waals surface area contributed by atoms with Crippen LogP contribution in [-0.2, 0) is 4.79 Å². The summed E-state index contributed by atoms with van der Waals surface area (Å²) in [4.78, 5) is 23.5. The molecule has 0 aliphatic heterocycles. The minimum atomic E-state index is -0.148. The van der Waals surface area contributed by atoms with Gasteiger partial charge in [-0.15, -0.1) is 21.5 Å². The van der Waals surface area contributed by atoms with Gasteiger partial charge in [0.1, 0.15) is 5.52 Å². The number of benzene rings is 1. The maximum Gasteiger partial charge on any atom is 0.236 e. The average molecular weight is 342 g/mol. The number of carbonyl (C=O) groups is 1. The molecule has 0 aliphatic carbocycles.